The second-order valence-electron chi connectivity index (χ2n) is 7.63. The van der Waals surface area contributed by atoms with Crippen LogP contribution >= 0.6 is 35.0 Å². The fourth-order valence-electron chi connectivity index (χ4n) is 2.95. The van der Waals surface area contributed by atoms with Crippen LogP contribution in [0, 0.1) is 5.41 Å². The smallest absolute Gasteiger partial charge is 0.171 e. The van der Waals surface area contributed by atoms with Crippen LogP contribution in [-0.4, -0.2) is 39.1 Å². The molecule has 0 bridgehead atoms. The Morgan fingerprint density at radius 3 is 2.52 bits per heavy atom. The van der Waals surface area contributed by atoms with E-state index < -0.39 is 9.04 Å². The second-order valence-corrected chi connectivity index (χ2v) is 11.8. The van der Waals surface area contributed by atoms with Crippen LogP contribution in [0.2, 0.25) is 18.1 Å². The fraction of sp³-hybridized carbons (Fsp3) is 0.556. The molecule has 0 saturated carbocycles. The zero-order valence-corrected chi connectivity index (χ0v) is 19.3. The predicted molar refractivity (Wildman–Crippen MR) is 113 cm³/mol. The van der Waals surface area contributed by atoms with Gasteiger partial charge < -0.3 is 14.6 Å². The maximum atomic E-state index is 6.29. The van der Waals surface area contributed by atoms with Crippen molar-refractivity contribution in [2.24, 2.45) is 5.41 Å². The highest BCUT2D eigenvalue weighted by atomic mass is 35.5. The van der Waals surface area contributed by atoms with Crippen molar-refractivity contribution < 1.29 is 4.43 Å². The van der Waals surface area contributed by atoms with E-state index in [0.29, 0.717) is 12.5 Å². The quantitative estimate of drug-likeness (QED) is 0.511. The van der Waals surface area contributed by atoms with Gasteiger partial charge in [0.25, 0.3) is 0 Å². The SMILES string of the molecule is CN1C(Sc2cccc(Cl)c2)=C(CCl)NC1(CO[SiH](C)C)C(C)(C)C. The van der Waals surface area contributed by atoms with E-state index in [2.05, 4.69) is 57.2 Å². The highest BCUT2D eigenvalue weighted by molar-refractivity contribution is 8.03. The van der Waals surface area contributed by atoms with Crippen molar-refractivity contribution in [3.8, 4) is 0 Å². The summed E-state index contributed by atoms with van der Waals surface area (Å²) in [6, 6.07) is 7.91. The van der Waals surface area contributed by atoms with Crippen LogP contribution in [0.4, 0.5) is 0 Å². The molecule has 140 valence electrons. The number of nitrogens with zero attached hydrogens (tertiary/aromatic N) is 1. The van der Waals surface area contributed by atoms with Gasteiger partial charge in [-0.2, -0.15) is 0 Å². The number of hydrogen-bond donors (Lipinski definition) is 1. The zero-order chi connectivity index (χ0) is 18.8. The first kappa shape index (κ1) is 21.0. The van der Waals surface area contributed by atoms with Crippen LogP contribution in [-0.2, 0) is 4.43 Å². The van der Waals surface area contributed by atoms with Gasteiger partial charge in [-0.1, -0.05) is 50.2 Å². The molecular formula is C18H28Cl2N2OSSi. The molecule has 1 aromatic carbocycles. The van der Waals surface area contributed by atoms with Crippen LogP contribution in [0.25, 0.3) is 0 Å². The standard InChI is InChI=1S/C18H28Cl2N2OSSi/c1-17(2,3)18(12-23-25(5)6)21-15(11-19)16(22(18)4)24-14-9-7-8-13(20)10-14/h7-10,21,25H,11-12H2,1-6H3. The van der Waals surface area contributed by atoms with E-state index in [1.807, 2.05) is 18.2 Å². The molecule has 25 heavy (non-hydrogen) atoms. The summed E-state index contributed by atoms with van der Waals surface area (Å²) in [5, 5.41) is 5.57. The third kappa shape index (κ3) is 4.50. The number of hydrogen-bond acceptors (Lipinski definition) is 4. The van der Waals surface area contributed by atoms with Gasteiger partial charge in [-0.05, 0) is 31.3 Å². The van der Waals surface area contributed by atoms with Crippen molar-refractivity contribution in [3.63, 3.8) is 0 Å². The molecular weight excluding hydrogens is 391 g/mol. The Bertz CT molecular complexity index is 648. The molecule has 0 amide bonds. The molecule has 3 nitrogen and oxygen atoms in total. The van der Waals surface area contributed by atoms with Gasteiger partial charge in [-0.25, -0.2) is 0 Å². The summed E-state index contributed by atoms with van der Waals surface area (Å²) in [5.74, 6) is 0.435. The molecule has 1 heterocycles. The maximum absolute atomic E-state index is 6.29. The topological polar surface area (TPSA) is 24.5 Å². The Morgan fingerprint density at radius 1 is 1.32 bits per heavy atom. The number of allylic oxidation sites excluding steroid dienone is 1. The number of benzene rings is 1. The molecule has 2 rings (SSSR count). The number of thioether (sulfide) groups is 1. The van der Waals surface area contributed by atoms with E-state index in [9.17, 15) is 0 Å². The number of likely N-dealkylation sites (N-methyl/N-ethyl adjacent to an activating group) is 1. The summed E-state index contributed by atoms with van der Waals surface area (Å²) in [5.41, 5.74) is 0.673. The Hall–Kier alpha value is -0.333. The summed E-state index contributed by atoms with van der Waals surface area (Å²) in [7, 11) is 0.984. The lowest BCUT2D eigenvalue weighted by Crippen LogP contribution is -2.63. The minimum absolute atomic E-state index is 0.0427. The second kappa shape index (κ2) is 8.13. The molecule has 0 radical (unpaired) electrons. The Kier molecular flexibility index (Phi) is 6.82. The normalized spacial score (nSPS) is 21.2. The van der Waals surface area contributed by atoms with E-state index in [-0.39, 0.29) is 11.1 Å². The summed E-state index contributed by atoms with van der Waals surface area (Å²) in [6.07, 6.45) is 0. The van der Waals surface area contributed by atoms with Crippen LogP contribution in [0.3, 0.4) is 0 Å². The van der Waals surface area contributed by atoms with Gasteiger partial charge in [0.15, 0.2) is 9.04 Å². The third-order valence-electron chi connectivity index (χ3n) is 4.50. The van der Waals surface area contributed by atoms with Gasteiger partial charge in [0.1, 0.15) is 5.66 Å². The van der Waals surface area contributed by atoms with Crippen molar-refractivity contribution in [1.82, 2.24) is 10.2 Å². The third-order valence-corrected chi connectivity index (χ3v) is 7.04. The average Bonchev–Trinajstić information content (AvgIpc) is 2.78. The molecule has 1 atom stereocenters. The Balaban J connectivity index is 2.36. The van der Waals surface area contributed by atoms with Crippen LogP contribution < -0.4 is 5.32 Å². The van der Waals surface area contributed by atoms with E-state index in [1.54, 1.807) is 11.8 Å². The zero-order valence-electron chi connectivity index (χ0n) is 15.8. The maximum Gasteiger partial charge on any atom is 0.171 e. The molecule has 7 heteroatoms. The molecule has 1 aliphatic heterocycles. The molecule has 1 aromatic rings. The first-order valence-corrected chi connectivity index (χ1v) is 13.0. The largest absolute Gasteiger partial charge is 0.416 e. The first-order valence-electron chi connectivity index (χ1n) is 8.47. The highest BCUT2D eigenvalue weighted by Gasteiger charge is 2.51. The molecule has 0 saturated heterocycles. The molecule has 0 aromatic heterocycles. The first-order chi connectivity index (χ1) is 11.6. The number of halogens is 2. The van der Waals surface area contributed by atoms with E-state index >= 15 is 0 Å². The lowest BCUT2D eigenvalue weighted by Gasteiger charge is -2.48. The lowest BCUT2D eigenvalue weighted by molar-refractivity contribution is -0.00764. The minimum atomic E-state index is -1.14. The van der Waals surface area contributed by atoms with Crippen molar-refractivity contribution in [1.29, 1.82) is 0 Å². The molecule has 0 spiro atoms. The van der Waals surface area contributed by atoms with Gasteiger partial charge in [0.2, 0.25) is 0 Å². The van der Waals surface area contributed by atoms with Crippen LogP contribution in [0.15, 0.2) is 39.9 Å². The van der Waals surface area contributed by atoms with Gasteiger partial charge in [0, 0.05) is 22.4 Å². The van der Waals surface area contributed by atoms with E-state index in [4.69, 9.17) is 27.6 Å². The van der Waals surface area contributed by atoms with E-state index in [1.165, 1.54) is 0 Å². The molecule has 0 fully saturated rings. The Morgan fingerprint density at radius 2 is 2.00 bits per heavy atom. The summed E-state index contributed by atoms with van der Waals surface area (Å²) in [4.78, 5) is 3.40. The van der Waals surface area contributed by atoms with Gasteiger partial charge in [0.05, 0.1) is 23.2 Å². The van der Waals surface area contributed by atoms with Gasteiger partial charge >= 0.3 is 0 Å². The van der Waals surface area contributed by atoms with Crippen molar-refractivity contribution in [2.75, 3.05) is 19.5 Å². The minimum Gasteiger partial charge on any atom is -0.416 e. The molecule has 1 aliphatic rings. The van der Waals surface area contributed by atoms with Crippen molar-refractivity contribution in [3.05, 3.63) is 40.0 Å². The van der Waals surface area contributed by atoms with E-state index in [0.717, 1.165) is 20.6 Å². The average molecular weight is 419 g/mol. The summed E-state index contributed by atoms with van der Waals surface area (Å²) >= 11 is 14.1. The van der Waals surface area contributed by atoms with Gasteiger partial charge in [-0.3, -0.25) is 0 Å². The van der Waals surface area contributed by atoms with Crippen LogP contribution in [0.5, 0.6) is 0 Å². The summed E-state index contributed by atoms with van der Waals surface area (Å²) < 4.78 is 6.17. The lowest BCUT2D eigenvalue weighted by atomic mass is 9.80. The molecule has 1 N–H and O–H groups in total. The Labute approximate surface area is 167 Å². The highest BCUT2D eigenvalue weighted by Crippen LogP contribution is 2.46. The summed E-state index contributed by atoms with van der Waals surface area (Å²) in [6.45, 7) is 11.7. The number of alkyl halides is 1. The fourth-order valence-corrected chi connectivity index (χ4v) is 5.15. The van der Waals surface area contributed by atoms with Crippen LogP contribution in [0.1, 0.15) is 20.8 Å². The van der Waals surface area contributed by atoms with Crippen molar-refractivity contribution >= 4 is 44.0 Å². The molecule has 0 aliphatic carbocycles. The van der Waals surface area contributed by atoms with Gasteiger partial charge in [-0.15, -0.1) is 11.6 Å². The monoisotopic (exact) mass is 418 g/mol. The molecule has 1 unspecified atom stereocenters. The number of rotatable bonds is 6. The predicted octanol–water partition coefficient (Wildman–Crippen LogP) is 5.12. The van der Waals surface area contributed by atoms with Crippen molar-refractivity contribution in [2.45, 2.75) is 44.4 Å². The number of nitrogens with one attached hydrogen (secondary N) is 1.